The summed E-state index contributed by atoms with van der Waals surface area (Å²) in [6.07, 6.45) is 8.08. The molecule has 22 heavy (non-hydrogen) atoms. The van der Waals surface area contributed by atoms with Gasteiger partial charge < -0.3 is 4.90 Å². The van der Waals surface area contributed by atoms with Crippen molar-refractivity contribution in [3.8, 4) is 0 Å². The average molecular weight is 322 g/mol. The molecule has 0 bridgehead atoms. The van der Waals surface area contributed by atoms with Crippen LogP contribution in [0.2, 0.25) is 5.02 Å². The van der Waals surface area contributed by atoms with Gasteiger partial charge in [-0.05, 0) is 42.9 Å². The number of hydrogen-bond acceptors (Lipinski definition) is 3. The lowest BCUT2D eigenvalue weighted by Crippen LogP contribution is -2.40. The van der Waals surface area contributed by atoms with Crippen LogP contribution in [-0.4, -0.2) is 47.9 Å². The molecule has 2 fully saturated rings. The Morgan fingerprint density at radius 3 is 3.00 bits per heavy atom. The van der Waals surface area contributed by atoms with E-state index in [1.54, 1.807) is 11.1 Å². The summed E-state index contributed by atoms with van der Waals surface area (Å²) in [5.74, 6) is 0.508. The first-order valence-corrected chi connectivity index (χ1v) is 8.41. The lowest BCUT2D eigenvalue weighted by molar-refractivity contribution is -0.136. The molecule has 1 spiro atoms. The van der Waals surface area contributed by atoms with Crippen molar-refractivity contribution in [1.29, 1.82) is 0 Å². The third kappa shape index (κ3) is 2.99. The van der Waals surface area contributed by atoms with Crippen molar-refractivity contribution in [2.75, 3.05) is 27.2 Å². The van der Waals surface area contributed by atoms with E-state index >= 15 is 0 Å². The summed E-state index contributed by atoms with van der Waals surface area (Å²) in [5.41, 5.74) is 1.34. The van der Waals surface area contributed by atoms with Crippen molar-refractivity contribution in [3.63, 3.8) is 0 Å². The summed E-state index contributed by atoms with van der Waals surface area (Å²) in [6, 6.07) is 1.98. The maximum Gasteiger partial charge on any atom is 0.225 e. The van der Waals surface area contributed by atoms with E-state index in [0.29, 0.717) is 10.9 Å². The van der Waals surface area contributed by atoms with Gasteiger partial charge in [0.15, 0.2) is 0 Å². The van der Waals surface area contributed by atoms with E-state index in [4.69, 9.17) is 11.6 Å². The summed E-state index contributed by atoms with van der Waals surface area (Å²) in [7, 11) is 3.75. The van der Waals surface area contributed by atoms with Crippen LogP contribution in [0.4, 0.5) is 0 Å². The van der Waals surface area contributed by atoms with Crippen LogP contribution in [0.1, 0.15) is 31.2 Å². The first kappa shape index (κ1) is 15.8. The summed E-state index contributed by atoms with van der Waals surface area (Å²) >= 11 is 6.02. The Morgan fingerprint density at radius 1 is 1.45 bits per heavy atom. The van der Waals surface area contributed by atoms with Crippen LogP contribution in [0.3, 0.4) is 0 Å². The number of aromatic nitrogens is 1. The molecule has 0 N–H and O–H groups in total. The van der Waals surface area contributed by atoms with E-state index in [0.717, 1.165) is 38.0 Å². The number of carbonyl (C=O) groups is 1. The minimum Gasteiger partial charge on any atom is -0.349 e. The fraction of sp³-hybridized carbons (Fsp3) is 0.647. The van der Waals surface area contributed by atoms with Crippen molar-refractivity contribution in [2.45, 2.75) is 32.2 Å². The molecule has 1 saturated carbocycles. The zero-order valence-corrected chi connectivity index (χ0v) is 14.1. The molecular formula is C17H24ClN3O. The number of nitrogens with zero attached hydrogens (tertiary/aromatic N) is 3. The van der Waals surface area contributed by atoms with Crippen molar-refractivity contribution in [3.05, 3.63) is 29.0 Å². The zero-order chi connectivity index (χ0) is 15.7. The molecule has 1 saturated heterocycles. The Balaban J connectivity index is 1.69. The maximum absolute atomic E-state index is 12.5. The molecule has 2 heterocycles. The smallest absolute Gasteiger partial charge is 0.225 e. The molecule has 2 atom stereocenters. The summed E-state index contributed by atoms with van der Waals surface area (Å²) < 4.78 is 0. The normalized spacial score (nSPS) is 28.4. The quantitative estimate of drug-likeness (QED) is 0.859. The zero-order valence-electron chi connectivity index (χ0n) is 13.4. The fourth-order valence-electron chi connectivity index (χ4n) is 4.24. The van der Waals surface area contributed by atoms with Crippen LogP contribution in [0.15, 0.2) is 18.5 Å². The number of amides is 1. The third-order valence-electron chi connectivity index (χ3n) is 5.28. The van der Waals surface area contributed by atoms with E-state index in [-0.39, 0.29) is 11.3 Å². The molecule has 2 aliphatic rings. The second kappa shape index (κ2) is 6.17. The monoisotopic (exact) mass is 321 g/mol. The van der Waals surface area contributed by atoms with Crippen molar-refractivity contribution in [1.82, 2.24) is 14.8 Å². The van der Waals surface area contributed by atoms with E-state index in [1.165, 1.54) is 12.8 Å². The number of halogens is 1. The summed E-state index contributed by atoms with van der Waals surface area (Å²) in [4.78, 5) is 20.9. The molecule has 0 radical (unpaired) electrons. The largest absolute Gasteiger partial charge is 0.349 e. The molecule has 0 aromatic carbocycles. The van der Waals surface area contributed by atoms with Crippen LogP contribution >= 0.6 is 11.6 Å². The van der Waals surface area contributed by atoms with Gasteiger partial charge in [-0.2, -0.15) is 0 Å². The minimum absolute atomic E-state index is 0.188. The Labute approximate surface area is 137 Å². The summed E-state index contributed by atoms with van der Waals surface area (Å²) in [5, 5.41) is 0.688. The molecule has 1 aliphatic heterocycles. The van der Waals surface area contributed by atoms with Crippen molar-refractivity contribution >= 4 is 17.5 Å². The molecule has 3 rings (SSSR count). The molecule has 5 heteroatoms. The Kier molecular flexibility index (Phi) is 4.42. The molecule has 1 aliphatic carbocycles. The van der Waals surface area contributed by atoms with Gasteiger partial charge in [-0.1, -0.05) is 18.0 Å². The first-order valence-electron chi connectivity index (χ1n) is 8.03. The summed E-state index contributed by atoms with van der Waals surface area (Å²) in [6.45, 7) is 2.95. The van der Waals surface area contributed by atoms with Crippen LogP contribution in [0.25, 0.3) is 0 Å². The standard InChI is InChI=1S/C17H24ClN3O/c1-20(2)16(22)15-4-3-5-17(15)6-7-21(12-17)11-13-8-14(18)10-19-9-13/h8-10,15H,3-7,11-12H2,1-2H3/t15-,17-/m0/s1. The Hall–Kier alpha value is -1.13. The second-order valence-electron chi connectivity index (χ2n) is 7.01. The van der Waals surface area contributed by atoms with E-state index in [9.17, 15) is 4.79 Å². The van der Waals surface area contributed by atoms with E-state index in [1.807, 2.05) is 26.4 Å². The molecular weight excluding hydrogens is 298 g/mol. The second-order valence-corrected chi connectivity index (χ2v) is 7.45. The predicted molar refractivity (Wildman–Crippen MR) is 87.6 cm³/mol. The maximum atomic E-state index is 12.5. The van der Waals surface area contributed by atoms with Crippen LogP contribution in [-0.2, 0) is 11.3 Å². The average Bonchev–Trinajstić information content (AvgIpc) is 3.06. The molecule has 1 aromatic rings. The number of hydrogen-bond donors (Lipinski definition) is 0. The highest BCUT2D eigenvalue weighted by Crippen LogP contribution is 2.50. The van der Waals surface area contributed by atoms with Gasteiger partial charge in [0, 0.05) is 45.5 Å². The van der Waals surface area contributed by atoms with Crippen molar-refractivity contribution < 1.29 is 4.79 Å². The molecule has 120 valence electrons. The molecule has 0 unspecified atom stereocenters. The van der Waals surface area contributed by atoms with Crippen LogP contribution in [0.5, 0.6) is 0 Å². The predicted octanol–water partition coefficient (Wildman–Crippen LogP) is 2.82. The van der Waals surface area contributed by atoms with Gasteiger partial charge in [0.25, 0.3) is 0 Å². The molecule has 1 aromatic heterocycles. The Bertz CT molecular complexity index is 563. The highest BCUT2D eigenvalue weighted by Gasteiger charge is 2.50. The molecule has 4 nitrogen and oxygen atoms in total. The van der Waals surface area contributed by atoms with Crippen molar-refractivity contribution in [2.24, 2.45) is 11.3 Å². The van der Waals surface area contributed by atoms with Crippen LogP contribution < -0.4 is 0 Å². The van der Waals surface area contributed by atoms with Gasteiger partial charge in [-0.15, -0.1) is 0 Å². The highest BCUT2D eigenvalue weighted by molar-refractivity contribution is 6.30. The van der Waals surface area contributed by atoms with Gasteiger partial charge in [-0.25, -0.2) is 0 Å². The number of carbonyl (C=O) groups excluding carboxylic acids is 1. The third-order valence-corrected chi connectivity index (χ3v) is 5.48. The van der Waals surface area contributed by atoms with Gasteiger partial charge in [0.1, 0.15) is 0 Å². The number of pyridine rings is 1. The SMILES string of the molecule is CN(C)C(=O)[C@@H]1CCC[C@@]12CCN(Cc1cncc(Cl)c1)C2. The topological polar surface area (TPSA) is 36.4 Å². The van der Waals surface area contributed by atoms with E-state index < -0.39 is 0 Å². The number of rotatable bonds is 3. The number of likely N-dealkylation sites (tertiary alicyclic amines) is 1. The lowest BCUT2D eigenvalue weighted by Gasteiger charge is -2.32. The van der Waals surface area contributed by atoms with E-state index in [2.05, 4.69) is 9.88 Å². The first-order chi connectivity index (χ1) is 10.5. The van der Waals surface area contributed by atoms with Gasteiger partial charge >= 0.3 is 0 Å². The van der Waals surface area contributed by atoms with Gasteiger partial charge in [-0.3, -0.25) is 14.7 Å². The highest BCUT2D eigenvalue weighted by atomic mass is 35.5. The van der Waals surface area contributed by atoms with Gasteiger partial charge in [0.2, 0.25) is 5.91 Å². The molecule has 1 amide bonds. The Morgan fingerprint density at radius 2 is 2.27 bits per heavy atom. The van der Waals surface area contributed by atoms with Crippen LogP contribution in [0, 0.1) is 11.3 Å². The minimum atomic E-state index is 0.188. The fourth-order valence-corrected chi connectivity index (χ4v) is 4.44. The van der Waals surface area contributed by atoms with Gasteiger partial charge in [0.05, 0.1) is 5.02 Å². The lowest BCUT2D eigenvalue weighted by atomic mass is 9.76.